The summed E-state index contributed by atoms with van der Waals surface area (Å²) in [6.45, 7) is -0.562. The van der Waals surface area contributed by atoms with Crippen LogP contribution in [0.25, 0.3) is 0 Å². The Morgan fingerprint density at radius 1 is 1.16 bits per heavy atom. The summed E-state index contributed by atoms with van der Waals surface area (Å²) in [5, 5.41) is 3.78. The lowest BCUT2D eigenvalue weighted by molar-refractivity contribution is -0.127. The Kier molecular flexibility index (Phi) is 7.73. The van der Waals surface area contributed by atoms with E-state index in [4.69, 9.17) is 23.2 Å². The summed E-state index contributed by atoms with van der Waals surface area (Å²) >= 11 is 12.0. The molecule has 1 N–H and O–H groups in total. The molecule has 1 fully saturated rings. The van der Waals surface area contributed by atoms with E-state index in [1.54, 1.807) is 24.3 Å². The van der Waals surface area contributed by atoms with Crippen molar-refractivity contribution in [2.24, 2.45) is 5.92 Å². The van der Waals surface area contributed by atoms with Gasteiger partial charge >= 0.3 is 6.61 Å². The van der Waals surface area contributed by atoms with Crippen LogP contribution in [-0.4, -0.2) is 36.4 Å². The first-order chi connectivity index (χ1) is 14.8. The molecule has 0 bridgehead atoms. The molecular formula is C22H22Cl2F2N2O3. The Morgan fingerprint density at radius 2 is 1.90 bits per heavy atom. The summed E-state index contributed by atoms with van der Waals surface area (Å²) in [6, 6.07) is 10.7. The lowest BCUT2D eigenvalue weighted by Crippen LogP contribution is -2.46. The zero-order valence-corrected chi connectivity index (χ0v) is 18.3. The maximum absolute atomic E-state index is 12.9. The van der Waals surface area contributed by atoms with Gasteiger partial charge in [-0.3, -0.25) is 9.59 Å². The summed E-state index contributed by atoms with van der Waals surface area (Å²) < 4.78 is 29.8. The summed E-state index contributed by atoms with van der Waals surface area (Å²) in [4.78, 5) is 27.2. The number of hydrogen-bond acceptors (Lipinski definition) is 3. The van der Waals surface area contributed by atoms with E-state index < -0.39 is 18.4 Å². The molecular weight excluding hydrogens is 449 g/mol. The van der Waals surface area contributed by atoms with Crippen molar-refractivity contribution in [3.63, 3.8) is 0 Å². The predicted octanol–water partition coefficient (Wildman–Crippen LogP) is 5.32. The molecule has 0 spiro atoms. The SMILES string of the molecule is CC(NC(=O)C1CCCN(C(=O)c2ccccc2OC(F)F)C1)c1ccc(Cl)c(Cl)c1. The van der Waals surface area contributed by atoms with E-state index in [-0.39, 0.29) is 29.8 Å². The van der Waals surface area contributed by atoms with Gasteiger partial charge in [-0.2, -0.15) is 8.78 Å². The van der Waals surface area contributed by atoms with Crippen LogP contribution in [0, 0.1) is 5.92 Å². The summed E-state index contributed by atoms with van der Waals surface area (Å²) in [5.41, 5.74) is 0.859. The highest BCUT2D eigenvalue weighted by Gasteiger charge is 2.31. The van der Waals surface area contributed by atoms with Crippen LogP contribution in [-0.2, 0) is 4.79 Å². The van der Waals surface area contributed by atoms with Crippen molar-refractivity contribution in [2.45, 2.75) is 32.4 Å². The maximum Gasteiger partial charge on any atom is 0.387 e. The van der Waals surface area contributed by atoms with Gasteiger partial charge in [0.2, 0.25) is 5.91 Å². The van der Waals surface area contributed by atoms with E-state index in [1.165, 1.54) is 23.1 Å². The minimum Gasteiger partial charge on any atom is -0.434 e. The highest BCUT2D eigenvalue weighted by molar-refractivity contribution is 6.42. The lowest BCUT2D eigenvalue weighted by atomic mass is 9.95. The van der Waals surface area contributed by atoms with Crippen LogP contribution in [0.3, 0.4) is 0 Å². The first kappa shape index (κ1) is 23.3. The van der Waals surface area contributed by atoms with Crippen LogP contribution >= 0.6 is 23.2 Å². The van der Waals surface area contributed by atoms with Gasteiger partial charge in [0.15, 0.2) is 0 Å². The Bertz CT molecular complexity index is 958. The summed E-state index contributed by atoms with van der Waals surface area (Å²) in [6.07, 6.45) is 1.25. The molecule has 2 aromatic carbocycles. The monoisotopic (exact) mass is 470 g/mol. The van der Waals surface area contributed by atoms with Gasteiger partial charge < -0.3 is 15.0 Å². The molecule has 1 aliphatic rings. The highest BCUT2D eigenvalue weighted by atomic mass is 35.5. The van der Waals surface area contributed by atoms with Crippen LogP contribution in [0.15, 0.2) is 42.5 Å². The van der Waals surface area contributed by atoms with E-state index >= 15 is 0 Å². The molecule has 31 heavy (non-hydrogen) atoms. The molecule has 1 aliphatic heterocycles. The van der Waals surface area contributed by atoms with E-state index in [0.29, 0.717) is 29.4 Å². The van der Waals surface area contributed by atoms with Gasteiger partial charge in [0.1, 0.15) is 5.75 Å². The molecule has 2 amide bonds. The Balaban J connectivity index is 1.66. The van der Waals surface area contributed by atoms with Crippen molar-refractivity contribution >= 4 is 35.0 Å². The lowest BCUT2D eigenvalue weighted by Gasteiger charge is -2.33. The van der Waals surface area contributed by atoms with Crippen molar-refractivity contribution in [1.29, 1.82) is 0 Å². The molecule has 0 saturated carbocycles. The van der Waals surface area contributed by atoms with Gasteiger partial charge in [-0.05, 0) is 49.6 Å². The fraction of sp³-hybridized carbons (Fsp3) is 0.364. The van der Waals surface area contributed by atoms with Crippen LogP contribution in [0.4, 0.5) is 8.78 Å². The normalized spacial score (nSPS) is 17.4. The number of carbonyl (C=O) groups is 2. The molecule has 3 rings (SSSR count). The zero-order chi connectivity index (χ0) is 22.5. The van der Waals surface area contributed by atoms with Gasteiger partial charge in [0, 0.05) is 13.1 Å². The predicted molar refractivity (Wildman–Crippen MR) is 115 cm³/mol. The van der Waals surface area contributed by atoms with Crippen LogP contribution in [0.1, 0.15) is 41.7 Å². The summed E-state index contributed by atoms with van der Waals surface area (Å²) in [7, 11) is 0. The second kappa shape index (κ2) is 10.3. The number of piperidine rings is 1. The van der Waals surface area contributed by atoms with Crippen molar-refractivity contribution in [3.8, 4) is 5.75 Å². The number of benzene rings is 2. The summed E-state index contributed by atoms with van der Waals surface area (Å²) in [5.74, 6) is -1.21. The van der Waals surface area contributed by atoms with Crippen LogP contribution < -0.4 is 10.1 Å². The molecule has 5 nitrogen and oxygen atoms in total. The maximum atomic E-state index is 12.9. The number of carbonyl (C=O) groups excluding carboxylic acids is 2. The third kappa shape index (κ3) is 5.86. The fourth-order valence-corrected chi connectivity index (χ4v) is 3.89. The zero-order valence-electron chi connectivity index (χ0n) is 16.8. The standard InChI is InChI=1S/C22H22Cl2F2N2O3/c1-13(14-8-9-17(23)18(24)11-14)27-20(29)15-5-4-10-28(12-15)21(30)16-6-2-3-7-19(16)31-22(25)26/h2-3,6-9,11,13,15,22H,4-5,10,12H2,1H3,(H,27,29). The van der Waals surface area contributed by atoms with Gasteiger partial charge in [-0.25, -0.2) is 0 Å². The quantitative estimate of drug-likeness (QED) is 0.620. The van der Waals surface area contributed by atoms with Crippen LogP contribution in [0.5, 0.6) is 5.75 Å². The molecule has 0 aliphatic carbocycles. The number of nitrogens with zero attached hydrogens (tertiary/aromatic N) is 1. The molecule has 9 heteroatoms. The Morgan fingerprint density at radius 3 is 2.61 bits per heavy atom. The molecule has 166 valence electrons. The number of hydrogen-bond donors (Lipinski definition) is 1. The van der Waals surface area contributed by atoms with Gasteiger partial charge in [0.25, 0.3) is 5.91 Å². The second-order valence-corrected chi connectivity index (χ2v) is 8.18. The molecule has 2 atom stereocenters. The average molecular weight is 471 g/mol. The first-order valence-corrected chi connectivity index (χ1v) is 10.6. The number of alkyl halides is 2. The third-order valence-corrected chi connectivity index (χ3v) is 5.95. The molecule has 1 heterocycles. The van der Waals surface area contributed by atoms with E-state index in [2.05, 4.69) is 10.1 Å². The first-order valence-electron chi connectivity index (χ1n) is 9.84. The average Bonchev–Trinajstić information content (AvgIpc) is 2.75. The second-order valence-electron chi connectivity index (χ2n) is 7.37. The smallest absolute Gasteiger partial charge is 0.387 e. The molecule has 2 aromatic rings. The van der Waals surface area contributed by atoms with E-state index in [1.807, 2.05) is 6.92 Å². The van der Waals surface area contributed by atoms with Crippen molar-refractivity contribution < 1.29 is 23.1 Å². The van der Waals surface area contributed by atoms with Crippen molar-refractivity contribution in [3.05, 3.63) is 63.6 Å². The third-order valence-electron chi connectivity index (χ3n) is 5.22. The fourth-order valence-electron chi connectivity index (χ4n) is 3.58. The Hall–Kier alpha value is -2.38. The molecule has 0 aromatic heterocycles. The molecule has 1 saturated heterocycles. The Labute approximate surface area is 189 Å². The number of rotatable bonds is 6. The number of para-hydroxylation sites is 1. The number of likely N-dealkylation sites (tertiary alicyclic amines) is 1. The number of halogens is 4. The topological polar surface area (TPSA) is 58.6 Å². The van der Waals surface area contributed by atoms with Crippen molar-refractivity contribution in [1.82, 2.24) is 10.2 Å². The van der Waals surface area contributed by atoms with E-state index in [0.717, 1.165) is 5.56 Å². The van der Waals surface area contributed by atoms with Crippen molar-refractivity contribution in [2.75, 3.05) is 13.1 Å². The minimum atomic E-state index is -3.03. The van der Waals surface area contributed by atoms with Gasteiger partial charge in [0.05, 0.1) is 27.6 Å². The molecule has 2 unspecified atom stereocenters. The highest BCUT2D eigenvalue weighted by Crippen LogP contribution is 2.27. The molecule has 0 radical (unpaired) electrons. The number of amides is 2. The minimum absolute atomic E-state index is 0.0491. The largest absolute Gasteiger partial charge is 0.434 e. The van der Waals surface area contributed by atoms with Crippen LogP contribution in [0.2, 0.25) is 10.0 Å². The number of ether oxygens (including phenoxy) is 1. The van der Waals surface area contributed by atoms with Gasteiger partial charge in [-0.1, -0.05) is 41.4 Å². The number of nitrogens with one attached hydrogen (secondary N) is 1. The van der Waals surface area contributed by atoms with Gasteiger partial charge in [-0.15, -0.1) is 0 Å². The van der Waals surface area contributed by atoms with E-state index in [9.17, 15) is 18.4 Å².